The molecular weight excluding hydrogens is 294 g/mol. The normalized spacial score (nSPS) is 10.0. The number of nitrogens with zero attached hydrogens (tertiary/aromatic N) is 2. The predicted octanol–water partition coefficient (Wildman–Crippen LogP) is 2.54. The zero-order chi connectivity index (χ0) is 15.2. The fraction of sp³-hybridized carbons (Fsp3) is 0.214. The van der Waals surface area contributed by atoms with Crippen LogP contribution in [0.3, 0.4) is 0 Å². The molecule has 0 saturated carbocycles. The highest BCUT2D eigenvalue weighted by molar-refractivity contribution is 6.29. The molecule has 0 unspecified atom stereocenters. The van der Waals surface area contributed by atoms with E-state index in [0.29, 0.717) is 28.8 Å². The maximum absolute atomic E-state index is 11.7. The molecule has 0 bridgehead atoms. The van der Waals surface area contributed by atoms with Crippen LogP contribution in [0.25, 0.3) is 0 Å². The summed E-state index contributed by atoms with van der Waals surface area (Å²) in [5.74, 6) is 0.572. The molecule has 2 aromatic rings. The molecule has 0 spiro atoms. The number of esters is 1. The lowest BCUT2D eigenvalue weighted by Crippen LogP contribution is -2.07. The van der Waals surface area contributed by atoms with Crippen LogP contribution in [-0.4, -0.2) is 30.2 Å². The molecule has 1 aromatic carbocycles. The van der Waals surface area contributed by atoms with Crippen molar-refractivity contribution in [2.75, 3.05) is 19.5 Å². The van der Waals surface area contributed by atoms with Gasteiger partial charge < -0.3 is 14.8 Å². The van der Waals surface area contributed by atoms with E-state index in [2.05, 4.69) is 15.3 Å². The van der Waals surface area contributed by atoms with Crippen LogP contribution >= 0.6 is 11.6 Å². The fourth-order valence-electron chi connectivity index (χ4n) is 1.75. The van der Waals surface area contributed by atoms with Crippen LogP contribution in [0.4, 0.5) is 5.82 Å². The van der Waals surface area contributed by atoms with Crippen molar-refractivity contribution in [3.8, 4) is 5.75 Å². The van der Waals surface area contributed by atoms with Crippen LogP contribution in [-0.2, 0) is 11.3 Å². The summed E-state index contributed by atoms with van der Waals surface area (Å²) >= 11 is 5.76. The smallest absolute Gasteiger partial charge is 0.341 e. The number of ether oxygens (including phenoxy) is 2. The number of methoxy groups -OCH3 is 2. The van der Waals surface area contributed by atoms with E-state index in [0.717, 1.165) is 5.56 Å². The summed E-state index contributed by atoms with van der Waals surface area (Å²) in [5.41, 5.74) is 1.24. The van der Waals surface area contributed by atoms with Crippen LogP contribution in [0.15, 0.2) is 30.6 Å². The Balaban J connectivity index is 2.15. The third-order valence-electron chi connectivity index (χ3n) is 2.75. The summed E-state index contributed by atoms with van der Waals surface area (Å²) < 4.78 is 9.87. The van der Waals surface area contributed by atoms with Gasteiger partial charge in [0.2, 0.25) is 0 Å². The number of aromatic nitrogens is 2. The molecule has 0 aliphatic rings. The number of benzene rings is 1. The third kappa shape index (κ3) is 3.82. The van der Waals surface area contributed by atoms with Crippen molar-refractivity contribution in [2.45, 2.75) is 6.54 Å². The molecule has 0 fully saturated rings. The number of hydrogen-bond donors (Lipinski definition) is 1. The standard InChI is InChI=1S/C14H14ClN3O3/c1-20-11-4-3-9(5-10(11)14(19)21-2)6-17-13-8-16-7-12(15)18-13/h3-5,7-8H,6H2,1-2H3,(H,17,18). The number of carbonyl (C=O) groups excluding carboxylic acids is 1. The second-order valence-electron chi connectivity index (χ2n) is 4.11. The summed E-state index contributed by atoms with van der Waals surface area (Å²) in [4.78, 5) is 19.7. The molecule has 1 aromatic heterocycles. The molecular formula is C14H14ClN3O3. The first-order valence-corrected chi connectivity index (χ1v) is 6.48. The van der Waals surface area contributed by atoms with Gasteiger partial charge in [0.25, 0.3) is 0 Å². The van der Waals surface area contributed by atoms with E-state index in [1.165, 1.54) is 20.4 Å². The Morgan fingerprint density at radius 1 is 1.33 bits per heavy atom. The number of hydrogen-bond acceptors (Lipinski definition) is 6. The van der Waals surface area contributed by atoms with Gasteiger partial charge in [-0.2, -0.15) is 0 Å². The first-order valence-electron chi connectivity index (χ1n) is 6.10. The van der Waals surface area contributed by atoms with E-state index in [-0.39, 0.29) is 0 Å². The van der Waals surface area contributed by atoms with Crippen LogP contribution in [0, 0.1) is 0 Å². The molecule has 110 valence electrons. The fourth-order valence-corrected chi connectivity index (χ4v) is 1.90. The van der Waals surface area contributed by atoms with E-state index in [4.69, 9.17) is 21.1 Å². The van der Waals surface area contributed by atoms with Crippen molar-refractivity contribution >= 4 is 23.4 Å². The van der Waals surface area contributed by atoms with Crippen LogP contribution in [0.5, 0.6) is 5.75 Å². The van der Waals surface area contributed by atoms with Crippen molar-refractivity contribution in [3.05, 3.63) is 46.9 Å². The van der Waals surface area contributed by atoms with Gasteiger partial charge in [0, 0.05) is 6.54 Å². The predicted molar refractivity (Wildman–Crippen MR) is 78.7 cm³/mol. The summed E-state index contributed by atoms with van der Waals surface area (Å²) in [5, 5.41) is 3.38. The average Bonchev–Trinajstić information content (AvgIpc) is 2.52. The van der Waals surface area contributed by atoms with E-state index in [9.17, 15) is 4.79 Å². The molecule has 7 heteroatoms. The Hall–Kier alpha value is -2.34. The first kappa shape index (κ1) is 15.1. The molecule has 0 amide bonds. The van der Waals surface area contributed by atoms with Gasteiger partial charge in [0.05, 0.1) is 26.6 Å². The van der Waals surface area contributed by atoms with Crippen LogP contribution < -0.4 is 10.1 Å². The molecule has 2 rings (SSSR count). The highest BCUT2D eigenvalue weighted by atomic mass is 35.5. The summed E-state index contributed by atoms with van der Waals surface area (Å²) in [7, 11) is 2.83. The second-order valence-corrected chi connectivity index (χ2v) is 4.49. The van der Waals surface area contributed by atoms with Gasteiger partial charge in [-0.25, -0.2) is 9.78 Å². The van der Waals surface area contributed by atoms with Gasteiger partial charge in [0.1, 0.15) is 22.3 Å². The number of rotatable bonds is 5. The van der Waals surface area contributed by atoms with E-state index in [1.54, 1.807) is 18.3 Å². The minimum Gasteiger partial charge on any atom is -0.496 e. The Kier molecular flexibility index (Phi) is 4.94. The number of nitrogens with one attached hydrogen (secondary N) is 1. The summed E-state index contributed by atoms with van der Waals surface area (Å²) in [6.07, 6.45) is 3.02. The van der Waals surface area contributed by atoms with Crippen molar-refractivity contribution in [2.24, 2.45) is 0 Å². The minimum atomic E-state index is -0.448. The Morgan fingerprint density at radius 2 is 2.14 bits per heavy atom. The second kappa shape index (κ2) is 6.90. The van der Waals surface area contributed by atoms with Crippen molar-refractivity contribution in [3.63, 3.8) is 0 Å². The van der Waals surface area contributed by atoms with Crippen LogP contribution in [0.2, 0.25) is 5.15 Å². The number of halogens is 1. The Morgan fingerprint density at radius 3 is 2.81 bits per heavy atom. The molecule has 1 N–H and O–H groups in total. The summed E-state index contributed by atoms with van der Waals surface area (Å²) in [6.45, 7) is 0.461. The van der Waals surface area contributed by atoms with Gasteiger partial charge in [-0.1, -0.05) is 17.7 Å². The zero-order valence-electron chi connectivity index (χ0n) is 11.6. The van der Waals surface area contributed by atoms with Gasteiger partial charge >= 0.3 is 5.97 Å². The zero-order valence-corrected chi connectivity index (χ0v) is 12.3. The lowest BCUT2D eigenvalue weighted by atomic mass is 10.1. The molecule has 6 nitrogen and oxygen atoms in total. The average molecular weight is 308 g/mol. The maximum Gasteiger partial charge on any atom is 0.341 e. The quantitative estimate of drug-likeness (QED) is 0.856. The highest BCUT2D eigenvalue weighted by Gasteiger charge is 2.13. The van der Waals surface area contributed by atoms with E-state index >= 15 is 0 Å². The van der Waals surface area contributed by atoms with Gasteiger partial charge in [-0.3, -0.25) is 4.98 Å². The molecule has 0 atom stereocenters. The van der Waals surface area contributed by atoms with E-state index < -0.39 is 5.97 Å². The molecule has 0 saturated heterocycles. The monoisotopic (exact) mass is 307 g/mol. The number of carbonyl (C=O) groups is 1. The van der Waals surface area contributed by atoms with Crippen molar-refractivity contribution in [1.29, 1.82) is 0 Å². The Labute approximate surface area is 127 Å². The van der Waals surface area contributed by atoms with Crippen molar-refractivity contribution < 1.29 is 14.3 Å². The SMILES string of the molecule is COC(=O)c1cc(CNc2cncc(Cl)n2)ccc1OC. The molecule has 0 aliphatic heterocycles. The van der Waals surface area contributed by atoms with Gasteiger partial charge in [0.15, 0.2) is 0 Å². The highest BCUT2D eigenvalue weighted by Crippen LogP contribution is 2.21. The van der Waals surface area contributed by atoms with E-state index in [1.807, 2.05) is 6.07 Å². The minimum absolute atomic E-state index is 0.310. The van der Waals surface area contributed by atoms with Crippen molar-refractivity contribution in [1.82, 2.24) is 9.97 Å². The number of anilines is 1. The van der Waals surface area contributed by atoms with Crippen LogP contribution in [0.1, 0.15) is 15.9 Å². The molecule has 0 radical (unpaired) electrons. The lowest BCUT2D eigenvalue weighted by molar-refractivity contribution is 0.0597. The maximum atomic E-state index is 11.7. The largest absolute Gasteiger partial charge is 0.496 e. The Bertz CT molecular complexity index is 649. The van der Waals surface area contributed by atoms with Gasteiger partial charge in [-0.05, 0) is 17.7 Å². The lowest BCUT2D eigenvalue weighted by Gasteiger charge is -2.10. The molecule has 21 heavy (non-hydrogen) atoms. The topological polar surface area (TPSA) is 73.3 Å². The first-order chi connectivity index (χ1) is 10.1. The summed E-state index contributed by atoms with van der Waals surface area (Å²) in [6, 6.07) is 5.26. The molecule has 0 aliphatic carbocycles. The third-order valence-corrected chi connectivity index (χ3v) is 2.93. The molecule has 1 heterocycles. The van der Waals surface area contributed by atoms with Gasteiger partial charge in [-0.15, -0.1) is 0 Å².